The third-order valence-electron chi connectivity index (χ3n) is 4.63. The number of carbonyl (C=O) groups is 1. The highest BCUT2D eigenvalue weighted by molar-refractivity contribution is 7.15. The normalized spacial score (nSPS) is 11.0. The van der Waals surface area contributed by atoms with Gasteiger partial charge in [0.15, 0.2) is 5.82 Å². The van der Waals surface area contributed by atoms with Crippen molar-refractivity contribution in [2.75, 3.05) is 13.2 Å². The van der Waals surface area contributed by atoms with Gasteiger partial charge >= 0.3 is 0 Å². The summed E-state index contributed by atoms with van der Waals surface area (Å²) in [5, 5.41) is 9.68. The van der Waals surface area contributed by atoms with Gasteiger partial charge in [-0.3, -0.25) is 4.79 Å². The summed E-state index contributed by atoms with van der Waals surface area (Å²) in [7, 11) is 0. The molecule has 148 valence electrons. The van der Waals surface area contributed by atoms with Gasteiger partial charge in [-0.05, 0) is 43.7 Å². The van der Waals surface area contributed by atoms with E-state index >= 15 is 0 Å². The number of amides is 1. The number of benzene rings is 2. The number of aryl methyl sites for hydroxylation is 1. The summed E-state index contributed by atoms with van der Waals surface area (Å²) in [5.41, 5.74) is 3.84. The fraction of sp³-hybridized carbons (Fsp3) is 0.227. The Morgan fingerprint density at radius 2 is 1.97 bits per heavy atom. The molecule has 0 saturated heterocycles. The van der Waals surface area contributed by atoms with Crippen molar-refractivity contribution in [3.05, 3.63) is 70.7 Å². The number of aromatic nitrogens is 3. The first-order valence-electron chi connectivity index (χ1n) is 9.56. The van der Waals surface area contributed by atoms with Gasteiger partial charge < -0.3 is 10.1 Å². The van der Waals surface area contributed by atoms with E-state index in [0.717, 1.165) is 33.4 Å². The molecule has 0 bridgehead atoms. The Bertz CT molecular complexity index is 1130. The van der Waals surface area contributed by atoms with Crippen molar-refractivity contribution in [3.8, 4) is 17.1 Å². The number of rotatable bonds is 7. The third-order valence-corrected chi connectivity index (χ3v) is 5.50. The molecule has 4 aromatic rings. The molecule has 0 atom stereocenters. The monoisotopic (exact) mass is 406 g/mol. The lowest BCUT2D eigenvalue weighted by Crippen LogP contribution is -2.25. The van der Waals surface area contributed by atoms with Gasteiger partial charge in [-0.15, -0.1) is 16.4 Å². The lowest BCUT2D eigenvalue weighted by molar-refractivity contribution is 0.0954. The summed E-state index contributed by atoms with van der Waals surface area (Å²) in [6.07, 6.45) is 0.680. The molecule has 4 rings (SSSR count). The van der Waals surface area contributed by atoms with E-state index in [0.29, 0.717) is 25.1 Å². The lowest BCUT2D eigenvalue weighted by atomic mass is 10.1. The van der Waals surface area contributed by atoms with Crippen molar-refractivity contribution in [3.63, 3.8) is 0 Å². The summed E-state index contributed by atoms with van der Waals surface area (Å²) < 4.78 is 7.28. The van der Waals surface area contributed by atoms with Crippen LogP contribution in [0.3, 0.4) is 0 Å². The molecule has 0 radical (unpaired) electrons. The van der Waals surface area contributed by atoms with Crippen LogP contribution in [0, 0.1) is 6.92 Å². The quantitative estimate of drug-likeness (QED) is 0.501. The molecule has 0 aliphatic rings. The molecule has 2 aromatic carbocycles. The Kier molecular flexibility index (Phi) is 5.57. The Hall–Kier alpha value is -3.19. The van der Waals surface area contributed by atoms with Gasteiger partial charge in [-0.25, -0.2) is 4.52 Å². The highest BCUT2D eigenvalue weighted by Crippen LogP contribution is 2.23. The number of nitrogens with zero attached hydrogens (tertiary/aromatic N) is 3. The van der Waals surface area contributed by atoms with Gasteiger partial charge in [0.25, 0.3) is 5.91 Å². The molecule has 0 spiro atoms. The number of hydrogen-bond donors (Lipinski definition) is 1. The molecule has 2 aromatic heterocycles. The fourth-order valence-corrected chi connectivity index (χ4v) is 3.97. The third kappa shape index (κ3) is 4.14. The van der Waals surface area contributed by atoms with E-state index in [1.165, 1.54) is 0 Å². The highest BCUT2D eigenvalue weighted by atomic mass is 32.1. The molecule has 2 heterocycles. The van der Waals surface area contributed by atoms with Crippen LogP contribution in [-0.4, -0.2) is 33.7 Å². The van der Waals surface area contributed by atoms with Crippen molar-refractivity contribution in [1.29, 1.82) is 0 Å². The van der Waals surface area contributed by atoms with E-state index in [9.17, 15) is 4.79 Å². The first-order valence-corrected chi connectivity index (χ1v) is 10.4. The molecule has 6 nitrogen and oxygen atoms in total. The molecular weight excluding hydrogens is 384 g/mol. The van der Waals surface area contributed by atoms with Crippen molar-refractivity contribution >= 4 is 22.2 Å². The minimum atomic E-state index is -0.0984. The number of ether oxygens (including phenoxy) is 1. The minimum Gasteiger partial charge on any atom is -0.494 e. The Labute approximate surface area is 173 Å². The molecule has 0 aliphatic carbocycles. The Morgan fingerprint density at radius 1 is 1.17 bits per heavy atom. The number of fused-ring (bicyclic) bond motifs is 1. The van der Waals surface area contributed by atoms with Crippen molar-refractivity contribution in [2.24, 2.45) is 0 Å². The molecule has 7 heteroatoms. The average molecular weight is 407 g/mol. The van der Waals surface area contributed by atoms with Crippen LogP contribution in [-0.2, 0) is 6.42 Å². The van der Waals surface area contributed by atoms with E-state index < -0.39 is 0 Å². The molecular formula is C22H22N4O2S. The SMILES string of the molecule is CCOc1ccc(C(=O)NCCc2csc3nc(-c4ccccc4C)nn23)cc1. The van der Waals surface area contributed by atoms with Gasteiger partial charge in [0.2, 0.25) is 4.96 Å². The summed E-state index contributed by atoms with van der Waals surface area (Å²) >= 11 is 1.56. The van der Waals surface area contributed by atoms with E-state index in [4.69, 9.17) is 4.74 Å². The molecule has 1 amide bonds. The molecule has 1 N–H and O–H groups in total. The number of carbonyl (C=O) groups excluding carboxylic acids is 1. The number of thiazole rings is 1. The zero-order chi connectivity index (χ0) is 20.2. The smallest absolute Gasteiger partial charge is 0.251 e. The van der Waals surface area contributed by atoms with Crippen LogP contribution < -0.4 is 10.1 Å². The van der Waals surface area contributed by atoms with Crippen LogP contribution in [0.25, 0.3) is 16.3 Å². The summed E-state index contributed by atoms with van der Waals surface area (Å²) in [4.78, 5) is 17.9. The van der Waals surface area contributed by atoms with E-state index in [1.807, 2.05) is 47.2 Å². The summed E-state index contributed by atoms with van der Waals surface area (Å²) in [6, 6.07) is 15.3. The minimum absolute atomic E-state index is 0.0984. The van der Waals surface area contributed by atoms with Gasteiger partial charge in [0, 0.05) is 29.5 Å². The number of hydrogen-bond acceptors (Lipinski definition) is 5. The predicted octanol–water partition coefficient (Wildman–Crippen LogP) is 4.14. The first-order chi connectivity index (χ1) is 14.2. The summed E-state index contributed by atoms with van der Waals surface area (Å²) in [5.74, 6) is 1.40. The maximum absolute atomic E-state index is 12.3. The standard InChI is InChI=1S/C22H22N4O2S/c1-3-28-18-10-8-16(9-11-18)21(27)23-13-12-17-14-29-22-24-20(25-26(17)22)19-7-5-4-6-15(19)2/h4-11,14H,3,12-13H2,1-2H3,(H,23,27). The van der Waals surface area contributed by atoms with E-state index in [-0.39, 0.29) is 5.91 Å². The predicted molar refractivity (Wildman–Crippen MR) is 115 cm³/mol. The van der Waals surface area contributed by atoms with Crippen molar-refractivity contribution < 1.29 is 9.53 Å². The first kappa shape index (κ1) is 19.1. The van der Waals surface area contributed by atoms with Gasteiger partial charge in [-0.2, -0.15) is 4.98 Å². The van der Waals surface area contributed by atoms with Crippen LogP contribution in [0.4, 0.5) is 0 Å². The van der Waals surface area contributed by atoms with E-state index in [1.54, 1.807) is 23.5 Å². The maximum Gasteiger partial charge on any atom is 0.251 e. The van der Waals surface area contributed by atoms with Crippen LogP contribution in [0.15, 0.2) is 53.9 Å². The maximum atomic E-state index is 12.3. The summed E-state index contributed by atoms with van der Waals surface area (Å²) in [6.45, 7) is 5.12. The van der Waals surface area contributed by atoms with Gasteiger partial charge in [-0.1, -0.05) is 24.3 Å². The van der Waals surface area contributed by atoms with Crippen LogP contribution in [0.1, 0.15) is 28.5 Å². The van der Waals surface area contributed by atoms with Crippen molar-refractivity contribution in [2.45, 2.75) is 20.3 Å². The van der Waals surface area contributed by atoms with Gasteiger partial charge in [0.05, 0.1) is 12.3 Å². The Morgan fingerprint density at radius 3 is 2.72 bits per heavy atom. The zero-order valence-electron chi connectivity index (χ0n) is 16.4. The molecule has 0 saturated carbocycles. The van der Waals surface area contributed by atoms with Crippen LogP contribution in [0.2, 0.25) is 0 Å². The molecule has 0 fully saturated rings. The van der Waals surface area contributed by atoms with Gasteiger partial charge in [0.1, 0.15) is 5.75 Å². The Balaban J connectivity index is 1.41. The average Bonchev–Trinajstić information content (AvgIpc) is 3.31. The second-order valence-corrected chi connectivity index (χ2v) is 7.47. The lowest BCUT2D eigenvalue weighted by Gasteiger charge is -2.06. The van der Waals surface area contributed by atoms with E-state index in [2.05, 4.69) is 28.4 Å². The fourth-order valence-electron chi connectivity index (χ4n) is 3.11. The van der Waals surface area contributed by atoms with Crippen LogP contribution in [0.5, 0.6) is 5.75 Å². The topological polar surface area (TPSA) is 68.5 Å². The largest absolute Gasteiger partial charge is 0.494 e. The molecule has 29 heavy (non-hydrogen) atoms. The second-order valence-electron chi connectivity index (χ2n) is 6.64. The molecule has 0 aliphatic heterocycles. The second kappa shape index (κ2) is 8.45. The zero-order valence-corrected chi connectivity index (χ0v) is 17.2. The van der Waals surface area contributed by atoms with Crippen LogP contribution >= 0.6 is 11.3 Å². The van der Waals surface area contributed by atoms with Crippen molar-refractivity contribution in [1.82, 2.24) is 19.9 Å². The number of nitrogens with one attached hydrogen (secondary N) is 1. The highest BCUT2D eigenvalue weighted by Gasteiger charge is 2.13. The molecule has 0 unspecified atom stereocenters.